The first-order chi connectivity index (χ1) is 12.7. The van der Waals surface area contributed by atoms with E-state index in [4.69, 9.17) is 19.9 Å². The fraction of sp³-hybridized carbons (Fsp3) is 0.455. The summed E-state index contributed by atoms with van der Waals surface area (Å²) in [5, 5.41) is 0. The second-order valence-corrected chi connectivity index (χ2v) is 6.97. The standard InChI is InChI=1S/C22H29NO3/c1-24-19-12-13-20(21(14-19)25-2)22(23)17-8-10-18(11-9-17)26-15-16-6-4-3-5-7-16/h8-14,16,22H,3-7,15,23H2,1-2H3. The van der Waals surface area contributed by atoms with Crippen molar-refractivity contribution in [3.05, 3.63) is 53.6 Å². The highest BCUT2D eigenvalue weighted by Gasteiger charge is 2.16. The maximum Gasteiger partial charge on any atom is 0.127 e. The number of hydrogen-bond acceptors (Lipinski definition) is 4. The van der Waals surface area contributed by atoms with E-state index in [2.05, 4.69) is 0 Å². The summed E-state index contributed by atoms with van der Waals surface area (Å²) in [5.74, 6) is 3.10. The Labute approximate surface area is 156 Å². The van der Waals surface area contributed by atoms with Crippen LogP contribution in [0.15, 0.2) is 42.5 Å². The molecule has 0 bridgehead atoms. The highest BCUT2D eigenvalue weighted by Crippen LogP contribution is 2.32. The van der Waals surface area contributed by atoms with Crippen LogP contribution in [-0.2, 0) is 0 Å². The van der Waals surface area contributed by atoms with Crippen LogP contribution in [0, 0.1) is 5.92 Å². The lowest BCUT2D eigenvalue weighted by Crippen LogP contribution is -2.15. The fourth-order valence-corrected chi connectivity index (χ4v) is 3.59. The van der Waals surface area contributed by atoms with Gasteiger partial charge >= 0.3 is 0 Å². The molecule has 2 aromatic carbocycles. The van der Waals surface area contributed by atoms with Crippen LogP contribution >= 0.6 is 0 Å². The van der Waals surface area contributed by atoms with E-state index in [0.29, 0.717) is 5.92 Å². The second kappa shape index (κ2) is 8.95. The van der Waals surface area contributed by atoms with Crippen LogP contribution in [-0.4, -0.2) is 20.8 Å². The van der Waals surface area contributed by atoms with Crippen LogP contribution < -0.4 is 19.9 Å². The van der Waals surface area contributed by atoms with Gasteiger partial charge in [0.1, 0.15) is 17.2 Å². The molecule has 0 amide bonds. The minimum Gasteiger partial charge on any atom is -0.497 e. The van der Waals surface area contributed by atoms with E-state index in [0.717, 1.165) is 35.0 Å². The first kappa shape index (κ1) is 18.6. The molecule has 1 aliphatic rings. The molecule has 140 valence electrons. The quantitative estimate of drug-likeness (QED) is 0.781. The molecule has 0 aliphatic heterocycles. The molecule has 2 N–H and O–H groups in total. The van der Waals surface area contributed by atoms with Gasteiger partial charge in [-0.2, -0.15) is 0 Å². The molecule has 0 radical (unpaired) electrons. The molecule has 1 unspecified atom stereocenters. The first-order valence-corrected chi connectivity index (χ1v) is 9.41. The molecule has 4 heteroatoms. The maximum absolute atomic E-state index is 6.46. The van der Waals surface area contributed by atoms with Crippen molar-refractivity contribution < 1.29 is 14.2 Å². The van der Waals surface area contributed by atoms with Gasteiger partial charge in [-0.05, 0) is 48.6 Å². The van der Waals surface area contributed by atoms with E-state index in [1.54, 1.807) is 14.2 Å². The zero-order chi connectivity index (χ0) is 18.4. The molecule has 4 nitrogen and oxygen atoms in total. The lowest BCUT2D eigenvalue weighted by Gasteiger charge is -2.22. The Bertz CT molecular complexity index is 693. The van der Waals surface area contributed by atoms with Gasteiger partial charge in [0.2, 0.25) is 0 Å². The number of methoxy groups -OCH3 is 2. The van der Waals surface area contributed by atoms with E-state index >= 15 is 0 Å². The average Bonchev–Trinajstić information content (AvgIpc) is 2.72. The fourth-order valence-electron chi connectivity index (χ4n) is 3.59. The van der Waals surface area contributed by atoms with Gasteiger partial charge in [0, 0.05) is 11.6 Å². The first-order valence-electron chi connectivity index (χ1n) is 9.41. The summed E-state index contributed by atoms with van der Waals surface area (Å²) >= 11 is 0. The molecule has 0 aromatic heterocycles. The largest absolute Gasteiger partial charge is 0.497 e. The van der Waals surface area contributed by atoms with Crippen LogP contribution in [0.1, 0.15) is 49.3 Å². The maximum atomic E-state index is 6.46. The van der Waals surface area contributed by atoms with Crippen molar-refractivity contribution in [1.29, 1.82) is 0 Å². The highest BCUT2D eigenvalue weighted by atomic mass is 16.5. The van der Waals surface area contributed by atoms with Crippen LogP contribution in [0.25, 0.3) is 0 Å². The van der Waals surface area contributed by atoms with Crippen molar-refractivity contribution in [2.75, 3.05) is 20.8 Å². The zero-order valence-electron chi connectivity index (χ0n) is 15.7. The second-order valence-electron chi connectivity index (χ2n) is 6.97. The molecule has 0 saturated heterocycles. The predicted octanol–water partition coefficient (Wildman–Crippen LogP) is 4.71. The third-order valence-electron chi connectivity index (χ3n) is 5.23. The summed E-state index contributed by atoms with van der Waals surface area (Å²) in [5.41, 5.74) is 8.42. The summed E-state index contributed by atoms with van der Waals surface area (Å²) in [7, 11) is 3.29. The van der Waals surface area contributed by atoms with E-state index in [1.165, 1.54) is 32.1 Å². The van der Waals surface area contributed by atoms with Gasteiger partial charge in [-0.3, -0.25) is 0 Å². The molecule has 2 aromatic rings. The molecule has 26 heavy (non-hydrogen) atoms. The van der Waals surface area contributed by atoms with Crippen molar-refractivity contribution in [3.8, 4) is 17.2 Å². The molecule has 3 rings (SSSR count). The molecule has 1 fully saturated rings. The SMILES string of the molecule is COc1ccc(C(N)c2ccc(OCC3CCCCC3)cc2)c(OC)c1. The molecule has 0 heterocycles. The molecule has 1 aliphatic carbocycles. The molecular formula is C22H29NO3. The van der Waals surface area contributed by atoms with Gasteiger partial charge in [0.05, 0.1) is 26.9 Å². The number of rotatable bonds is 7. The Morgan fingerprint density at radius 2 is 1.62 bits per heavy atom. The van der Waals surface area contributed by atoms with Crippen molar-refractivity contribution >= 4 is 0 Å². The number of ether oxygens (including phenoxy) is 3. The summed E-state index contributed by atoms with van der Waals surface area (Å²) < 4.78 is 16.7. The third-order valence-corrected chi connectivity index (χ3v) is 5.23. The van der Waals surface area contributed by atoms with Crippen molar-refractivity contribution in [1.82, 2.24) is 0 Å². The Kier molecular flexibility index (Phi) is 6.40. The summed E-state index contributed by atoms with van der Waals surface area (Å²) in [6.07, 6.45) is 6.63. The minimum absolute atomic E-state index is 0.261. The van der Waals surface area contributed by atoms with E-state index < -0.39 is 0 Å². The third kappa shape index (κ3) is 4.50. The monoisotopic (exact) mass is 355 g/mol. The van der Waals surface area contributed by atoms with Crippen molar-refractivity contribution in [2.45, 2.75) is 38.1 Å². The Morgan fingerprint density at radius 3 is 2.27 bits per heavy atom. The topological polar surface area (TPSA) is 53.7 Å². The summed E-state index contributed by atoms with van der Waals surface area (Å²) in [6.45, 7) is 0.817. The molecule has 1 saturated carbocycles. The summed E-state index contributed by atoms with van der Waals surface area (Å²) in [4.78, 5) is 0. The minimum atomic E-state index is -0.261. The van der Waals surface area contributed by atoms with Gasteiger partial charge in [-0.25, -0.2) is 0 Å². The van der Waals surface area contributed by atoms with Crippen LogP contribution in [0.3, 0.4) is 0 Å². The Morgan fingerprint density at radius 1 is 0.923 bits per heavy atom. The van der Waals surface area contributed by atoms with Gasteiger partial charge in [0.15, 0.2) is 0 Å². The lowest BCUT2D eigenvalue weighted by atomic mass is 9.90. The number of nitrogens with two attached hydrogens (primary N) is 1. The van der Waals surface area contributed by atoms with Crippen LogP contribution in [0.4, 0.5) is 0 Å². The van der Waals surface area contributed by atoms with E-state index in [9.17, 15) is 0 Å². The van der Waals surface area contributed by atoms with E-state index in [-0.39, 0.29) is 6.04 Å². The summed E-state index contributed by atoms with van der Waals surface area (Å²) in [6, 6.07) is 13.5. The van der Waals surface area contributed by atoms with Crippen LogP contribution in [0.2, 0.25) is 0 Å². The molecule has 0 spiro atoms. The zero-order valence-corrected chi connectivity index (χ0v) is 15.7. The van der Waals surface area contributed by atoms with Gasteiger partial charge in [-0.15, -0.1) is 0 Å². The molecule has 1 atom stereocenters. The van der Waals surface area contributed by atoms with E-state index in [1.807, 2.05) is 42.5 Å². The Balaban J connectivity index is 1.65. The highest BCUT2D eigenvalue weighted by molar-refractivity contribution is 5.46. The average molecular weight is 355 g/mol. The van der Waals surface area contributed by atoms with Crippen molar-refractivity contribution in [3.63, 3.8) is 0 Å². The number of hydrogen-bond donors (Lipinski definition) is 1. The van der Waals surface area contributed by atoms with Gasteiger partial charge < -0.3 is 19.9 Å². The number of benzene rings is 2. The predicted molar refractivity (Wildman–Crippen MR) is 104 cm³/mol. The Hall–Kier alpha value is -2.20. The molecular weight excluding hydrogens is 326 g/mol. The van der Waals surface area contributed by atoms with Crippen LogP contribution in [0.5, 0.6) is 17.2 Å². The smallest absolute Gasteiger partial charge is 0.127 e. The normalized spacial score (nSPS) is 16.1. The van der Waals surface area contributed by atoms with Crippen molar-refractivity contribution in [2.24, 2.45) is 11.7 Å². The van der Waals surface area contributed by atoms with Gasteiger partial charge in [0.25, 0.3) is 0 Å². The van der Waals surface area contributed by atoms with Gasteiger partial charge in [-0.1, -0.05) is 31.4 Å². The lowest BCUT2D eigenvalue weighted by molar-refractivity contribution is 0.209.